The monoisotopic (exact) mass is 304 g/mol. The predicted octanol–water partition coefficient (Wildman–Crippen LogP) is 3.80. The van der Waals surface area contributed by atoms with Crippen LogP contribution in [-0.2, 0) is 6.42 Å². The summed E-state index contributed by atoms with van der Waals surface area (Å²) in [5.41, 5.74) is 2.00. The van der Waals surface area contributed by atoms with E-state index in [1.165, 1.54) is 4.88 Å². The first kappa shape index (κ1) is 15.9. The summed E-state index contributed by atoms with van der Waals surface area (Å²) in [7, 11) is 2.07. The normalized spacial score (nSPS) is 12.3. The van der Waals surface area contributed by atoms with Crippen molar-refractivity contribution in [3.8, 4) is 5.75 Å². The highest BCUT2D eigenvalue weighted by molar-refractivity contribution is 7.09. The van der Waals surface area contributed by atoms with Gasteiger partial charge in [-0.25, -0.2) is 0 Å². The lowest BCUT2D eigenvalue weighted by Crippen LogP contribution is -2.21. The average molecular weight is 304 g/mol. The van der Waals surface area contributed by atoms with E-state index in [2.05, 4.69) is 54.7 Å². The standard InChI is InChI=1S/C17H24N2OS/c1-4-18-13(2)16-8-7-14(12-17(16)20)19(3)10-9-15-6-5-11-21-15/h5-8,11-13,18,20H,4,9-10H2,1-3H3. The Morgan fingerprint density at radius 1 is 1.33 bits per heavy atom. The van der Waals surface area contributed by atoms with Crippen molar-refractivity contribution in [1.29, 1.82) is 0 Å². The van der Waals surface area contributed by atoms with Gasteiger partial charge in [-0.15, -0.1) is 11.3 Å². The van der Waals surface area contributed by atoms with E-state index in [-0.39, 0.29) is 6.04 Å². The number of phenols is 1. The molecule has 0 aliphatic heterocycles. The fourth-order valence-corrected chi connectivity index (χ4v) is 3.11. The van der Waals surface area contributed by atoms with E-state index in [9.17, 15) is 5.11 Å². The van der Waals surface area contributed by atoms with Gasteiger partial charge >= 0.3 is 0 Å². The largest absolute Gasteiger partial charge is 0.508 e. The number of phenolic OH excluding ortho intramolecular Hbond substituents is 1. The van der Waals surface area contributed by atoms with Gasteiger partial charge in [0.05, 0.1) is 0 Å². The van der Waals surface area contributed by atoms with Crippen LogP contribution in [0.2, 0.25) is 0 Å². The second kappa shape index (κ2) is 7.48. The van der Waals surface area contributed by atoms with Gasteiger partial charge in [0.25, 0.3) is 0 Å². The molecule has 1 aromatic carbocycles. The third-order valence-electron chi connectivity index (χ3n) is 3.71. The first-order valence-electron chi connectivity index (χ1n) is 7.41. The zero-order valence-corrected chi connectivity index (χ0v) is 13.8. The average Bonchev–Trinajstić information content (AvgIpc) is 2.98. The van der Waals surface area contributed by atoms with Crippen LogP contribution in [0.25, 0.3) is 0 Å². The summed E-state index contributed by atoms with van der Waals surface area (Å²) in [5.74, 6) is 0.365. The van der Waals surface area contributed by atoms with Gasteiger partial charge in [0.1, 0.15) is 5.75 Å². The summed E-state index contributed by atoms with van der Waals surface area (Å²) < 4.78 is 0. The molecule has 0 spiro atoms. The molecule has 2 N–H and O–H groups in total. The Labute approximate surface area is 131 Å². The summed E-state index contributed by atoms with van der Waals surface area (Å²) in [5, 5.41) is 15.7. The summed E-state index contributed by atoms with van der Waals surface area (Å²) in [6.07, 6.45) is 1.03. The smallest absolute Gasteiger partial charge is 0.122 e. The second-order valence-electron chi connectivity index (χ2n) is 5.27. The number of thiophene rings is 1. The minimum absolute atomic E-state index is 0.167. The maximum Gasteiger partial charge on any atom is 0.122 e. The van der Waals surface area contributed by atoms with Gasteiger partial charge in [0, 0.05) is 41.8 Å². The fourth-order valence-electron chi connectivity index (χ4n) is 2.41. The lowest BCUT2D eigenvalue weighted by molar-refractivity contribution is 0.454. The van der Waals surface area contributed by atoms with E-state index in [1.54, 1.807) is 11.3 Å². The molecule has 2 rings (SSSR count). The molecule has 2 aromatic rings. The Kier molecular flexibility index (Phi) is 5.65. The topological polar surface area (TPSA) is 35.5 Å². The van der Waals surface area contributed by atoms with E-state index in [0.717, 1.165) is 30.8 Å². The zero-order chi connectivity index (χ0) is 15.2. The summed E-state index contributed by atoms with van der Waals surface area (Å²) >= 11 is 1.79. The van der Waals surface area contributed by atoms with Crippen molar-refractivity contribution in [2.45, 2.75) is 26.3 Å². The molecule has 0 bridgehead atoms. The molecule has 1 heterocycles. The Hall–Kier alpha value is -1.52. The number of hydrogen-bond donors (Lipinski definition) is 2. The molecule has 0 aliphatic carbocycles. The maximum absolute atomic E-state index is 10.2. The highest BCUT2D eigenvalue weighted by Crippen LogP contribution is 2.28. The third kappa shape index (κ3) is 4.22. The van der Waals surface area contributed by atoms with Crippen molar-refractivity contribution in [3.05, 3.63) is 46.2 Å². The van der Waals surface area contributed by atoms with Crippen molar-refractivity contribution in [3.63, 3.8) is 0 Å². The minimum Gasteiger partial charge on any atom is -0.508 e. The van der Waals surface area contributed by atoms with Crippen molar-refractivity contribution < 1.29 is 5.11 Å². The van der Waals surface area contributed by atoms with E-state index in [4.69, 9.17) is 0 Å². The Balaban J connectivity index is 2.01. The second-order valence-corrected chi connectivity index (χ2v) is 6.31. The quantitative estimate of drug-likeness (QED) is 0.816. The zero-order valence-electron chi connectivity index (χ0n) is 13.0. The number of nitrogens with zero attached hydrogens (tertiary/aromatic N) is 1. The van der Waals surface area contributed by atoms with Gasteiger partial charge in [0.15, 0.2) is 0 Å². The molecule has 0 saturated carbocycles. The van der Waals surface area contributed by atoms with Crippen LogP contribution in [0.5, 0.6) is 5.75 Å². The van der Waals surface area contributed by atoms with E-state index in [0.29, 0.717) is 5.75 Å². The molecule has 1 unspecified atom stereocenters. The van der Waals surface area contributed by atoms with Crippen molar-refractivity contribution in [2.75, 3.05) is 25.0 Å². The molecule has 4 heteroatoms. The van der Waals surface area contributed by atoms with Crippen LogP contribution in [0.1, 0.15) is 30.3 Å². The van der Waals surface area contributed by atoms with Crippen LogP contribution < -0.4 is 10.2 Å². The lowest BCUT2D eigenvalue weighted by Gasteiger charge is -2.21. The maximum atomic E-state index is 10.2. The minimum atomic E-state index is 0.167. The number of aromatic hydroxyl groups is 1. The number of likely N-dealkylation sites (N-methyl/N-ethyl adjacent to an activating group) is 1. The molecular weight excluding hydrogens is 280 g/mol. The van der Waals surface area contributed by atoms with Gasteiger partial charge in [-0.1, -0.05) is 19.1 Å². The highest BCUT2D eigenvalue weighted by Gasteiger charge is 2.11. The van der Waals surface area contributed by atoms with Gasteiger partial charge in [-0.05, 0) is 37.4 Å². The van der Waals surface area contributed by atoms with Crippen LogP contribution in [0, 0.1) is 0 Å². The lowest BCUT2D eigenvalue weighted by atomic mass is 10.1. The molecule has 1 aromatic heterocycles. The van der Waals surface area contributed by atoms with Crippen molar-refractivity contribution in [1.82, 2.24) is 5.32 Å². The van der Waals surface area contributed by atoms with Crippen LogP contribution in [0.3, 0.4) is 0 Å². The van der Waals surface area contributed by atoms with Crippen LogP contribution >= 0.6 is 11.3 Å². The SMILES string of the molecule is CCNC(C)c1ccc(N(C)CCc2cccs2)cc1O. The molecule has 0 aliphatic rings. The molecule has 21 heavy (non-hydrogen) atoms. The third-order valence-corrected chi connectivity index (χ3v) is 4.64. The Bertz CT molecular complexity index is 554. The number of hydrogen-bond acceptors (Lipinski definition) is 4. The molecule has 0 fully saturated rings. The summed E-state index contributed by atoms with van der Waals surface area (Å²) in [4.78, 5) is 3.57. The molecule has 0 amide bonds. The van der Waals surface area contributed by atoms with Gasteiger partial charge in [0.2, 0.25) is 0 Å². The molecule has 114 valence electrons. The summed E-state index contributed by atoms with van der Waals surface area (Å²) in [6.45, 7) is 5.98. The fraction of sp³-hybridized carbons (Fsp3) is 0.412. The van der Waals surface area contributed by atoms with Gasteiger partial charge < -0.3 is 15.3 Å². The first-order valence-corrected chi connectivity index (χ1v) is 8.29. The molecule has 3 nitrogen and oxygen atoms in total. The number of anilines is 1. The molecular formula is C17H24N2OS. The van der Waals surface area contributed by atoms with Gasteiger partial charge in [-0.2, -0.15) is 0 Å². The van der Waals surface area contributed by atoms with Crippen molar-refractivity contribution in [2.24, 2.45) is 0 Å². The summed E-state index contributed by atoms with van der Waals surface area (Å²) in [6, 6.07) is 10.4. The van der Waals surface area contributed by atoms with Crippen molar-refractivity contribution >= 4 is 17.0 Å². The predicted molar refractivity (Wildman–Crippen MR) is 91.5 cm³/mol. The number of rotatable bonds is 7. The molecule has 0 saturated heterocycles. The Morgan fingerprint density at radius 3 is 2.76 bits per heavy atom. The number of nitrogens with one attached hydrogen (secondary N) is 1. The number of benzene rings is 1. The van der Waals surface area contributed by atoms with Crippen LogP contribution in [-0.4, -0.2) is 25.2 Å². The Morgan fingerprint density at radius 2 is 2.14 bits per heavy atom. The highest BCUT2D eigenvalue weighted by atomic mass is 32.1. The van der Waals surface area contributed by atoms with E-state index < -0.39 is 0 Å². The van der Waals surface area contributed by atoms with E-state index in [1.807, 2.05) is 12.1 Å². The van der Waals surface area contributed by atoms with E-state index >= 15 is 0 Å². The first-order chi connectivity index (χ1) is 10.1. The molecule has 1 atom stereocenters. The van der Waals surface area contributed by atoms with Crippen LogP contribution in [0.4, 0.5) is 5.69 Å². The van der Waals surface area contributed by atoms with Gasteiger partial charge in [-0.3, -0.25) is 0 Å². The molecule has 0 radical (unpaired) electrons. The van der Waals surface area contributed by atoms with Crippen LogP contribution in [0.15, 0.2) is 35.7 Å².